The number of aromatic hydroxyl groups is 1. The molecule has 3 N–H and O–H groups in total. The first kappa shape index (κ1) is 9.30. The fourth-order valence-corrected chi connectivity index (χ4v) is 1.78. The molecule has 0 bridgehead atoms. The number of para-hydroxylation sites is 1. The molecule has 0 amide bonds. The molecule has 4 heteroatoms. The third-order valence-corrected chi connectivity index (χ3v) is 2.52. The monoisotopic (exact) mass is 196 g/mol. The second-order valence-electron chi connectivity index (χ2n) is 3.32. The minimum atomic E-state index is -0.455. The number of aliphatic hydroxyl groups excluding tert-OH is 2. The van der Waals surface area contributed by atoms with Crippen LogP contribution in [0.4, 0.5) is 0 Å². The molecule has 1 aromatic carbocycles. The summed E-state index contributed by atoms with van der Waals surface area (Å²) in [6.45, 7) is -0.263. The van der Waals surface area contributed by atoms with Gasteiger partial charge in [-0.3, -0.25) is 0 Å². The first-order valence-electron chi connectivity index (χ1n) is 4.48. The van der Waals surface area contributed by atoms with Crippen LogP contribution in [0.2, 0.25) is 0 Å². The molecule has 2 unspecified atom stereocenters. The van der Waals surface area contributed by atoms with Gasteiger partial charge < -0.3 is 20.1 Å². The lowest BCUT2D eigenvalue weighted by atomic mass is 9.96. The number of hydrogen-bond donors (Lipinski definition) is 3. The molecule has 1 aliphatic rings. The Hall–Kier alpha value is -1.26. The van der Waals surface area contributed by atoms with E-state index in [0.29, 0.717) is 5.75 Å². The van der Waals surface area contributed by atoms with Crippen LogP contribution in [0.25, 0.3) is 0 Å². The fourth-order valence-electron chi connectivity index (χ4n) is 1.78. The van der Waals surface area contributed by atoms with Gasteiger partial charge in [0, 0.05) is 5.56 Å². The van der Waals surface area contributed by atoms with Crippen LogP contribution >= 0.6 is 0 Å². The minimum Gasteiger partial charge on any atom is -0.504 e. The van der Waals surface area contributed by atoms with Crippen molar-refractivity contribution < 1.29 is 20.1 Å². The second-order valence-corrected chi connectivity index (χ2v) is 3.32. The smallest absolute Gasteiger partial charge is 0.165 e. The average Bonchev–Trinajstić information content (AvgIpc) is 2.57. The SMILES string of the molecule is OCC1Oc2c(O)cccc2C1CO. The molecule has 2 atom stereocenters. The topological polar surface area (TPSA) is 69.9 Å². The van der Waals surface area contributed by atoms with Crippen molar-refractivity contribution in [2.45, 2.75) is 12.0 Å². The Morgan fingerprint density at radius 2 is 2.00 bits per heavy atom. The molecule has 0 saturated carbocycles. The summed E-state index contributed by atoms with van der Waals surface area (Å²) in [5, 5.41) is 27.6. The lowest BCUT2D eigenvalue weighted by Crippen LogP contribution is -2.25. The minimum absolute atomic E-state index is 0.0527. The largest absolute Gasteiger partial charge is 0.504 e. The molecule has 1 heterocycles. The van der Waals surface area contributed by atoms with E-state index in [1.807, 2.05) is 0 Å². The molecular formula is C10H12O4. The molecular weight excluding hydrogens is 184 g/mol. The van der Waals surface area contributed by atoms with Crippen LogP contribution in [0.1, 0.15) is 11.5 Å². The number of fused-ring (bicyclic) bond motifs is 1. The van der Waals surface area contributed by atoms with Gasteiger partial charge in [-0.2, -0.15) is 0 Å². The van der Waals surface area contributed by atoms with Crippen molar-refractivity contribution in [2.75, 3.05) is 13.2 Å². The van der Waals surface area contributed by atoms with Gasteiger partial charge in [-0.05, 0) is 6.07 Å². The van der Waals surface area contributed by atoms with Crippen LogP contribution in [-0.2, 0) is 0 Å². The summed E-state index contributed by atoms with van der Waals surface area (Å²) < 4.78 is 5.33. The molecule has 14 heavy (non-hydrogen) atoms. The zero-order valence-corrected chi connectivity index (χ0v) is 7.55. The summed E-state index contributed by atoms with van der Waals surface area (Å²) in [5.74, 6) is 0.185. The van der Waals surface area contributed by atoms with Gasteiger partial charge in [0.1, 0.15) is 6.10 Å². The molecule has 0 fully saturated rings. The quantitative estimate of drug-likeness (QED) is 0.633. The highest BCUT2D eigenvalue weighted by atomic mass is 16.5. The summed E-state index contributed by atoms with van der Waals surface area (Å²) in [6, 6.07) is 5.00. The van der Waals surface area contributed by atoms with E-state index in [0.717, 1.165) is 5.56 Å². The molecule has 2 rings (SSSR count). The summed E-state index contributed by atoms with van der Waals surface area (Å²) in [6.07, 6.45) is -0.455. The van der Waals surface area contributed by atoms with Crippen LogP contribution in [0, 0.1) is 0 Å². The molecule has 0 saturated heterocycles. The predicted molar refractivity (Wildman–Crippen MR) is 49.4 cm³/mol. The van der Waals surface area contributed by atoms with Gasteiger partial charge in [-0.15, -0.1) is 0 Å². The highest BCUT2D eigenvalue weighted by Gasteiger charge is 2.34. The summed E-state index contributed by atoms with van der Waals surface area (Å²) in [4.78, 5) is 0. The number of phenolic OH excluding ortho intramolecular Hbond substituents is 1. The maximum Gasteiger partial charge on any atom is 0.165 e. The van der Waals surface area contributed by atoms with Crippen LogP contribution in [0.5, 0.6) is 11.5 Å². The zero-order valence-electron chi connectivity index (χ0n) is 7.55. The highest BCUT2D eigenvalue weighted by molar-refractivity contribution is 5.50. The number of rotatable bonds is 2. The Morgan fingerprint density at radius 3 is 2.64 bits per heavy atom. The Morgan fingerprint density at radius 1 is 1.21 bits per heavy atom. The standard InChI is InChI=1S/C10H12O4/c11-4-7-6-2-1-3-8(13)10(6)14-9(7)5-12/h1-3,7,9,11-13H,4-5H2. The fraction of sp³-hybridized carbons (Fsp3) is 0.400. The van der Waals surface area contributed by atoms with Gasteiger partial charge in [-0.25, -0.2) is 0 Å². The van der Waals surface area contributed by atoms with Crippen molar-refractivity contribution in [1.82, 2.24) is 0 Å². The zero-order chi connectivity index (χ0) is 10.1. The van der Waals surface area contributed by atoms with E-state index in [2.05, 4.69) is 0 Å². The Labute approximate surface area is 81.4 Å². The lowest BCUT2D eigenvalue weighted by molar-refractivity contribution is 0.0928. The Bertz CT molecular complexity index is 337. The van der Waals surface area contributed by atoms with E-state index < -0.39 is 6.10 Å². The van der Waals surface area contributed by atoms with Crippen molar-refractivity contribution >= 4 is 0 Å². The summed E-state index contributed by atoms with van der Waals surface area (Å²) in [5.41, 5.74) is 0.756. The Balaban J connectivity index is 2.42. The van der Waals surface area contributed by atoms with Gasteiger partial charge in [0.2, 0.25) is 0 Å². The summed E-state index contributed by atoms with van der Waals surface area (Å²) in [7, 11) is 0. The van der Waals surface area contributed by atoms with Crippen molar-refractivity contribution in [1.29, 1.82) is 0 Å². The molecule has 1 aromatic rings. The van der Waals surface area contributed by atoms with Crippen molar-refractivity contribution in [3.63, 3.8) is 0 Å². The summed E-state index contributed by atoms with van der Waals surface area (Å²) >= 11 is 0. The normalized spacial score (nSPS) is 24.4. The van der Waals surface area contributed by atoms with Gasteiger partial charge in [0.05, 0.1) is 19.1 Å². The Kier molecular flexibility index (Phi) is 2.31. The van der Waals surface area contributed by atoms with Crippen LogP contribution in [0.3, 0.4) is 0 Å². The van der Waals surface area contributed by atoms with E-state index in [-0.39, 0.29) is 24.9 Å². The van der Waals surface area contributed by atoms with Gasteiger partial charge in [0.25, 0.3) is 0 Å². The third kappa shape index (κ3) is 1.23. The van der Waals surface area contributed by atoms with Crippen molar-refractivity contribution in [2.24, 2.45) is 0 Å². The molecule has 0 radical (unpaired) electrons. The van der Waals surface area contributed by atoms with Crippen LogP contribution in [-0.4, -0.2) is 34.6 Å². The van der Waals surface area contributed by atoms with E-state index in [1.54, 1.807) is 12.1 Å². The molecule has 0 aliphatic carbocycles. The van der Waals surface area contributed by atoms with Gasteiger partial charge >= 0.3 is 0 Å². The van der Waals surface area contributed by atoms with Gasteiger partial charge in [-0.1, -0.05) is 12.1 Å². The second kappa shape index (κ2) is 3.48. The predicted octanol–water partition coefficient (Wildman–Crippen LogP) is 0.221. The van der Waals surface area contributed by atoms with Crippen molar-refractivity contribution in [3.8, 4) is 11.5 Å². The maximum atomic E-state index is 9.47. The van der Waals surface area contributed by atoms with Gasteiger partial charge in [0.15, 0.2) is 11.5 Å². The van der Waals surface area contributed by atoms with E-state index in [9.17, 15) is 5.11 Å². The average molecular weight is 196 g/mol. The molecule has 0 aromatic heterocycles. The third-order valence-electron chi connectivity index (χ3n) is 2.52. The number of aliphatic hydroxyl groups is 2. The van der Waals surface area contributed by atoms with Crippen molar-refractivity contribution in [3.05, 3.63) is 23.8 Å². The number of phenols is 1. The molecule has 4 nitrogen and oxygen atoms in total. The highest BCUT2D eigenvalue weighted by Crippen LogP contribution is 2.43. The van der Waals surface area contributed by atoms with Crippen LogP contribution in [0.15, 0.2) is 18.2 Å². The maximum absolute atomic E-state index is 9.47. The molecule has 0 spiro atoms. The first-order chi connectivity index (χ1) is 6.77. The lowest BCUT2D eigenvalue weighted by Gasteiger charge is -2.13. The number of benzene rings is 1. The number of ether oxygens (including phenoxy) is 1. The first-order valence-corrected chi connectivity index (χ1v) is 4.48. The van der Waals surface area contributed by atoms with Crippen LogP contribution < -0.4 is 4.74 Å². The van der Waals surface area contributed by atoms with E-state index in [4.69, 9.17) is 14.9 Å². The molecule has 1 aliphatic heterocycles. The molecule has 76 valence electrons. The van der Waals surface area contributed by atoms with E-state index in [1.165, 1.54) is 6.07 Å². The van der Waals surface area contributed by atoms with E-state index >= 15 is 0 Å². The number of hydrogen-bond acceptors (Lipinski definition) is 4.